The number of benzene rings is 1. The minimum absolute atomic E-state index is 0.0477. The number of nitrogens with two attached hydrogens (primary N) is 1. The van der Waals surface area contributed by atoms with Gasteiger partial charge in [0.1, 0.15) is 17.1 Å². The number of aliphatic imine (C=N–C) groups is 1. The van der Waals surface area contributed by atoms with Crippen LogP contribution >= 0.6 is 11.3 Å². The zero-order valence-electron chi connectivity index (χ0n) is 18.5. The molecule has 4 heterocycles. The van der Waals surface area contributed by atoms with Crippen LogP contribution in [0.2, 0.25) is 0 Å². The summed E-state index contributed by atoms with van der Waals surface area (Å²) in [6.45, 7) is 0.288. The summed E-state index contributed by atoms with van der Waals surface area (Å²) < 4.78 is 39.8. The van der Waals surface area contributed by atoms with Gasteiger partial charge in [-0.15, -0.1) is 11.3 Å². The summed E-state index contributed by atoms with van der Waals surface area (Å²) in [6.07, 6.45) is -4.58. The Bertz CT molecular complexity index is 1390. The number of rotatable bonds is 3. The quantitative estimate of drug-likeness (QED) is 0.595. The summed E-state index contributed by atoms with van der Waals surface area (Å²) in [5.74, 6) is -0.746. The lowest BCUT2D eigenvalue weighted by molar-refractivity contribution is -0.141. The number of carbonyl (C=O) groups is 1. The lowest BCUT2D eigenvalue weighted by atomic mass is 9.83. The average Bonchev–Trinajstić information content (AvgIpc) is 3.49. The Hall–Kier alpha value is -3.91. The van der Waals surface area contributed by atoms with Crippen LogP contribution in [0.1, 0.15) is 16.1 Å². The molecule has 1 fully saturated rings. The van der Waals surface area contributed by atoms with Gasteiger partial charge in [-0.1, -0.05) is 18.2 Å². The molecular formula is C24H19F3N6OS. The van der Waals surface area contributed by atoms with Gasteiger partial charge in [-0.3, -0.25) is 9.69 Å². The Morgan fingerprint density at radius 2 is 1.97 bits per heavy atom. The molecule has 2 aliphatic rings. The second-order valence-corrected chi connectivity index (χ2v) is 9.41. The molecule has 1 amide bonds. The average molecular weight is 497 g/mol. The van der Waals surface area contributed by atoms with Crippen molar-refractivity contribution in [2.75, 3.05) is 25.0 Å². The topological polar surface area (TPSA) is 98.6 Å². The number of hydrogen-bond acceptors (Lipinski definition) is 7. The van der Waals surface area contributed by atoms with E-state index in [1.165, 1.54) is 35.4 Å². The Morgan fingerprint density at radius 1 is 1.20 bits per heavy atom. The van der Waals surface area contributed by atoms with Crippen LogP contribution in [0.5, 0.6) is 0 Å². The second kappa shape index (κ2) is 8.09. The fourth-order valence-corrected chi connectivity index (χ4v) is 5.69. The minimum atomic E-state index is -4.58. The van der Waals surface area contributed by atoms with E-state index in [2.05, 4.69) is 11.1 Å². The van der Waals surface area contributed by atoms with E-state index in [9.17, 15) is 23.2 Å². The lowest BCUT2D eigenvalue weighted by Crippen LogP contribution is -2.54. The smallest absolute Gasteiger partial charge is 0.369 e. The molecule has 2 aliphatic heterocycles. The van der Waals surface area contributed by atoms with Crippen LogP contribution < -0.4 is 10.6 Å². The molecule has 3 aromatic rings. The molecule has 1 saturated heterocycles. The number of thiophene rings is 1. The maximum atomic E-state index is 13.3. The Kier molecular flexibility index (Phi) is 5.29. The van der Waals surface area contributed by atoms with E-state index in [-0.39, 0.29) is 30.8 Å². The van der Waals surface area contributed by atoms with Gasteiger partial charge in [0.25, 0.3) is 0 Å². The molecule has 2 atom stereocenters. The van der Waals surface area contributed by atoms with Crippen molar-refractivity contribution in [1.82, 2.24) is 9.88 Å². The zero-order valence-corrected chi connectivity index (χ0v) is 19.3. The molecule has 1 unspecified atom stereocenters. The largest absolute Gasteiger partial charge is 0.433 e. The zero-order chi connectivity index (χ0) is 25.0. The summed E-state index contributed by atoms with van der Waals surface area (Å²) in [6, 6.07) is 14.9. The van der Waals surface area contributed by atoms with Crippen LogP contribution in [0.4, 0.5) is 19.0 Å². The van der Waals surface area contributed by atoms with Gasteiger partial charge in [-0.2, -0.15) is 18.4 Å². The first-order valence-corrected chi connectivity index (χ1v) is 11.5. The molecule has 0 aliphatic carbocycles. The van der Waals surface area contributed by atoms with Gasteiger partial charge in [-0.05, 0) is 46.8 Å². The van der Waals surface area contributed by atoms with Crippen molar-refractivity contribution >= 4 is 29.0 Å². The van der Waals surface area contributed by atoms with Crippen LogP contribution in [0.25, 0.3) is 11.1 Å². The molecule has 0 saturated carbocycles. The van der Waals surface area contributed by atoms with Crippen molar-refractivity contribution in [2.45, 2.75) is 11.7 Å². The number of alkyl halides is 3. The molecule has 178 valence electrons. The van der Waals surface area contributed by atoms with E-state index in [0.717, 1.165) is 22.1 Å². The third-order valence-electron chi connectivity index (χ3n) is 6.40. The van der Waals surface area contributed by atoms with Crippen molar-refractivity contribution in [3.63, 3.8) is 0 Å². The summed E-state index contributed by atoms with van der Waals surface area (Å²) in [7, 11) is 1.53. The number of anilines is 1. The van der Waals surface area contributed by atoms with E-state index in [1.807, 2.05) is 17.5 Å². The molecule has 2 N–H and O–H groups in total. The van der Waals surface area contributed by atoms with E-state index in [4.69, 9.17) is 10.7 Å². The molecule has 35 heavy (non-hydrogen) atoms. The summed E-state index contributed by atoms with van der Waals surface area (Å²) >= 11 is 1.40. The third kappa shape index (κ3) is 3.80. The highest BCUT2D eigenvalue weighted by molar-refractivity contribution is 7.10. The number of amides is 1. The molecule has 2 aromatic heterocycles. The van der Waals surface area contributed by atoms with Gasteiger partial charge in [0, 0.05) is 18.5 Å². The monoisotopic (exact) mass is 496 g/mol. The fourth-order valence-electron chi connectivity index (χ4n) is 4.58. The molecule has 0 radical (unpaired) electrons. The highest BCUT2D eigenvalue weighted by Gasteiger charge is 2.56. The number of pyridine rings is 1. The molecule has 5 rings (SSSR count). The summed E-state index contributed by atoms with van der Waals surface area (Å²) in [5, 5.41) is 11.1. The summed E-state index contributed by atoms with van der Waals surface area (Å²) in [5.41, 5.74) is 6.25. The molecule has 0 spiro atoms. The number of hydrogen-bond donors (Lipinski definition) is 1. The Labute approximate surface area is 202 Å². The van der Waals surface area contributed by atoms with E-state index < -0.39 is 23.3 Å². The molecule has 7 nitrogen and oxygen atoms in total. The van der Waals surface area contributed by atoms with Crippen LogP contribution in [-0.2, 0) is 16.5 Å². The second-order valence-electron chi connectivity index (χ2n) is 8.50. The van der Waals surface area contributed by atoms with Crippen LogP contribution in [0.3, 0.4) is 0 Å². The predicted octanol–water partition coefficient (Wildman–Crippen LogP) is 3.82. The maximum absolute atomic E-state index is 13.3. The molecule has 0 bridgehead atoms. The molecule has 1 aromatic carbocycles. The maximum Gasteiger partial charge on any atom is 0.433 e. The first kappa shape index (κ1) is 22.9. The Balaban J connectivity index is 1.58. The van der Waals surface area contributed by atoms with Crippen molar-refractivity contribution in [2.24, 2.45) is 16.6 Å². The van der Waals surface area contributed by atoms with Crippen molar-refractivity contribution in [1.29, 1.82) is 5.26 Å². The first-order valence-electron chi connectivity index (χ1n) is 10.6. The van der Waals surface area contributed by atoms with Crippen LogP contribution in [-0.4, -0.2) is 41.9 Å². The van der Waals surface area contributed by atoms with E-state index >= 15 is 0 Å². The number of halogens is 3. The standard InChI is InChI=1S/C24H19F3N6OS/c1-32-21(34)17-11-33(20-7-3-6-18(30-20)24(25,26)27)13-23(17,31-22(32)29)19-9-16(12-35-19)15-5-2-4-14(8-15)10-28/h2-9,12,17H,11,13H2,1H3,(H2,29,31)/t17?,23-/m0/s1. The highest BCUT2D eigenvalue weighted by atomic mass is 32.1. The number of guanidine groups is 1. The van der Waals surface area contributed by atoms with Gasteiger partial charge in [-0.25, -0.2) is 9.98 Å². The number of fused-ring (bicyclic) bond motifs is 1. The van der Waals surface area contributed by atoms with Gasteiger partial charge in [0.2, 0.25) is 5.91 Å². The third-order valence-corrected chi connectivity index (χ3v) is 7.49. The SMILES string of the molecule is CN1C(=O)C2CN(c3cccc(C(F)(F)F)n3)C[C@]2(c2cc(-c3cccc(C#N)c3)cs2)N=C1N. The van der Waals surface area contributed by atoms with Gasteiger partial charge in [0.15, 0.2) is 5.96 Å². The predicted molar refractivity (Wildman–Crippen MR) is 125 cm³/mol. The van der Waals surface area contributed by atoms with Crippen LogP contribution in [0.15, 0.2) is 58.9 Å². The normalized spacial score (nSPS) is 22.1. The Morgan fingerprint density at radius 3 is 2.71 bits per heavy atom. The minimum Gasteiger partial charge on any atom is -0.369 e. The van der Waals surface area contributed by atoms with Crippen molar-refractivity contribution in [3.05, 3.63) is 70.0 Å². The van der Waals surface area contributed by atoms with Crippen molar-refractivity contribution in [3.8, 4) is 17.2 Å². The number of carbonyl (C=O) groups excluding carboxylic acids is 1. The van der Waals surface area contributed by atoms with Crippen molar-refractivity contribution < 1.29 is 18.0 Å². The number of nitrogens with zero attached hydrogens (tertiary/aromatic N) is 5. The number of nitriles is 1. The molecular weight excluding hydrogens is 477 g/mol. The van der Waals surface area contributed by atoms with Crippen LogP contribution in [0, 0.1) is 17.2 Å². The van der Waals surface area contributed by atoms with E-state index in [1.54, 1.807) is 23.1 Å². The van der Waals surface area contributed by atoms with Gasteiger partial charge < -0.3 is 10.6 Å². The first-order chi connectivity index (χ1) is 16.6. The van der Waals surface area contributed by atoms with E-state index in [0.29, 0.717) is 5.56 Å². The molecule has 11 heteroatoms. The fraction of sp³-hybridized carbons (Fsp3) is 0.250. The lowest BCUT2D eigenvalue weighted by Gasteiger charge is -2.36. The number of aromatic nitrogens is 1. The van der Waals surface area contributed by atoms with Gasteiger partial charge >= 0.3 is 6.18 Å². The summed E-state index contributed by atoms with van der Waals surface area (Å²) in [4.78, 5) is 25.5. The van der Waals surface area contributed by atoms with Gasteiger partial charge in [0.05, 0.1) is 24.1 Å². The highest BCUT2D eigenvalue weighted by Crippen LogP contribution is 2.48.